The van der Waals surface area contributed by atoms with Crippen LogP contribution in [0.1, 0.15) is 6.92 Å². The second kappa shape index (κ2) is 4.02. The molecule has 2 N–H and O–H groups in total. The van der Waals surface area contributed by atoms with Crippen LogP contribution in [0.2, 0.25) is 0 Å². The molecule has 1 aliphatic heterocycles. The number of likely N-dealkylation sites (tertiary alicyclic amines) is 1. The molecule has 0 radical (unpaired) electrons. The van der Waals surface area contributed by atoms with Crippen LogP contribution in [0, 0.1) is 11.8 Å². The molecule has 1 aliphatic rings. The minimum atomic E-state index is -1.09. The first-order valence-corrected chi connectivity index (χ1v) is 4.67. The van der Waals surface area contributed by atoms with Crippen LogP contribution in [-0.4, -0.2) is 46.7 Å². The predicted octanol–water partition coefficient (Wildman–Crippen LogP) is 0.278. The summed E-state index contributed by atoms with van der Waals surface area (Å²) < 4.78 is 0. The topological polar surface area (TPSA) is 77.8 Å². The Morgan fingerprint density at radius 1 is 1.33 bits per heavy atom. The molecule has 0 aromatic heterocycles. The largest absolute Gasteiger partial charge is 0.481 e. The number of aliphatic carboxylic acids is 2. The van der Waals surface area contributed by atoms with E-state index in [9.17, 15) is 9.59 Å². The van der Waals surface area contributed by atoms with Crippen LogP contribution >= 0.6 is 0 Å². The lowest BCUT2D eigenvalue weighted by atomic mass is 9.86. The summed E-state index contributed by atoms with van der Waals surface area (Å²) in [6.07, 6.45) is 0. The van der Waals surface area contributed by atoms with Crippen molar-refractivity contribution >= 4 is 11.9 Å². The first-order chi connectivity index (χ1) is 6.86. The molecule has 0 saturated carbocycles. The third-order valence-corrected chi connectivity index (χ3v) is 2.90. The Morgan fingerprint density at radius 3 is 2.20 bits per heavy atom. The van der Waals surface area contributed by atoms with Crippen molar-refractivity contribution in [3.8, 4) is 0 Å². The summed E-state index contributed by atoms with van der Waals surface area (Å²) >= 11 is 0. The minimum absolute atomic E-state index is 0.284. The van der Waals surface area contributed by atoms with Crippen molar-refractivity contribution in [2.75, 3.05) is 13.6 Å². The maximum atomic E-state index is 11.0. The molecule has 5 heteroatoms. The van der Waals surface area contributed by atoms with E-state index in [1.54, 1.807) is 18.9 Å². The highest BCUT2D eigenvalue weighted by Crippen LogP contribution is 2.33. The molecule has 84 valence electrons. The average Bonchev–Trinajstić information content (AvgIpc) is 2.42. The van der Waals surface area contributed by atoms with E-state index in [0.29, 0.717) is 6.54 Å². The van der Waals surface area contributed by atoms with Gasteiger partial charge in [-0.25, -0.2) is 0 Å². The van der Waals surface area contributed by atoms with Gasteiger partial charge in [0.05, 0.1) is 5.92 Å². The second-order valence-corrected chi connectivity index (χ2v) is 4.04. The smallest absolute Gasteiger partial charge is 0.321 e. The van der Waals surface area contributed by atoms with Gasteiger partial charge in [0.15, 0.2) is 0 Å². The van der Waals surface area contributed by atoms with E-state index in [1.807, 2.05) is 0 Å². The molecule has 1 rings (SSSR count). The molecule has 3 atom stereocenters. The predicted molar refractivity (Wildman–Crippen MR) is 53.5 cm³/mol. The number of carbonyl (C=O) groups is 2. The zero-order valence-corrected chi connectivity index (χ0v) is 8.80. The fourth-order valence-electron chi connectivity index (χ4n) is 2.14. The van der Waals surface area contributed by atoms with Crippen LogP contribution < -0.4 is 0 Å². The molecule has 0 amide bonds. The van der Waals surface area contributed by atoms with Crippen LogP contribution in [0.3, 0.4) is 0 Å². The third-order valence-electron chi connectivity index (χ3n) is 2.90. The van der Waals surface area contributed by atoms with Crippen molar-refractivity contribution in [1.82, 2.24) is 4.90 Å². The number of rotatable bonds is 3. The Morgan fingerprint density at radius 2 is 1.87 bits per heavy atom. The summed E-state index contributed by atoms with van der Waals surface area (Å²) in [6, 6.07) is -0.954. The fraction of sp³-hybridized carbons (Fsp3) is 0.600. The van der Waals surface area contributed by atoms with E-state index < -0.39 is 23.9 Å². The Bertz CT molecular complexity index is 313. The Hall–Kier alpha value is -1.36. The van der Waals surface area contributed by atoms with Gasteiger partial charge < -0.3 is 10.2 Å². The molecule has 0 aliphatic carbocycles. The maximum Gasteiger partial charge on any atom is 0.321 e. The Kier molecular flexibility index (Phi) is 3.14. The van der Waals surface area contributed by atoms with E-state index in [4.69, 9.17) is 10.2 Å². The second-order valence-electron chi connectivity index (χ2n) is 4.04. The van der Waals surface area contributed by atoms with Gasteiger partial charge in [0, 0.05) is 12.5 Å². The summed E-state index contributed by atoms with van der Waals surface area (Å²) in [5.74, 6) is -3.34. The summed E-state index contributed by atoms with van der Waals surface area (Å²) in [5, 5.41) is 18.0. The van der Waals surface area contributed by atoms with Gasteiger partial charge in [0.2, 0.25) is 0 Å². The fourth-order valence-corrected chi connectivity index (χ4v) is 2.14. The molecule has 0 spiro atoms. The number of hydrogen-bond acceptors (Lipinski definition) is 3. The summed E-state index contributed by atoms with van der Waals surface area (Å²) in [5.41, 5.74) is 0.720. The van der Waals surface area contributed by atoms with Gasteiger partial charge in [-0.1, -0.05) is 12.2 Å². The van der Waals surface area contributed by atoms with Crippen LogP contribution in [0.25, 0.3) is 0 Å². The zero-order chi connectivity index (χ0) is 11.7. The molecular weight excluding hydrogens is 198 g/mol. The van der Waals surface area contributed by atoms with Gasteiger partial charge in [-0.2, -0.15) is 0 Å². The van der Waals surface area contributed by atoms with Crippen molar-refractivity contribution < 1.29 is 19.8 Å². The molecular formula is C10H15NO4. The average molecular weight is 213 g/mol. The van der Waals surface area contributed by atoms with Crippen molar-refractivity contribution in [2.45, 2.75) is 13.0 Å². The SMILES string of the molecule is C=C(C)C1CN(C)C(C(=O)O)C1C(=O)O. The molecule has 15 heavy (non-hydrogen) atoms. The van der Waals surface area contributed by atoms with Crippen molar-refractivity contribution in [1.29, 1.82) is 0 Å². The highest BCUT2D eigenvalue weighted by atomic mass is 16.4. The number of likely N-dealkylation sites (N-methyl/N-ethyl adjacent to an activating group) is 1. The summed E-state index contributed by atoms with van der Waals surface area (Å²) in [7, 11) is 1.62. The van der Waals surface area contributed by atoms with Crippen molar-refractivity contribution in [2.24, 2.45) is 11.8 Å². The van der Waals surface area contributed by atoms with Gasteiger partial charge in [0.1, 0.15) is 6.04 Å². The van der Waals surface area contributed by atoms with Gasteiger partial charge in [-0.15, -0.1) is 0 Å². The molecule has 0 bridgehead atoms. The van der Waals surface area contributed by atoms with Gasteiger partial charge in [0.25, 0.3) is 0 Å². The lowest BCUT2D eigenvalue weighted by Crippen LogP contribution is -2.40. The number of nitrogens with zero attached hydrogens (tertiary/aromatic N) is 1. The molecule has 0 aromatic rings. The molecule has 1 fully saturated rings. The monoisotopic (exact) mass is 213 g/mol. The van der Waals surface area contributed by atoms with E-state index in [1.165, 1.54) is 0 Å². The van der Waals surface area contributed by atoms with Crippen molar-refractivity contribution in [3.05, 3.63) is 12.2 Å². The zero-order valence-electron chi connectivity index (χ0n) is 8.80. The van der Waals surface area contributed by atoms with Crippen LogP contribution in [-0.2, 0) is 9.59 Å². The summed E-state index contributed by atoms with van der Waals surface area (Å²) in [4.78, 5) is 23.6. The van der Waals surface area contributed by atoms with E-state index in [2.05, 4.69) is 6.58 Å². The Balaban J connectivity index is 3.03. The number of carboxylic acids is 2. The molecule has 0 aromatic carbocycles. The lowest BCUT2D eigenvalue weighted by molar-refractivity contribution is -0.152. The summed E-state index contributed by atoms with van der Waals surface area (Å²) in [6.45, 7) is 5.88. The highest BCUT2D eigenvalue weighted by Gasteiger charge is 2.48. The normalized spacial score (nSPS) is 31.5. The molecule has 1 heterocycles. The van der Waals surface area contributed by atoms with E-state index in [0.717, 1.165) is 5.57 Å². The first-order valence-electron chi connectivity index (χ1n) is 4.67. The highest BCUT2D eigenvalue weighted by molar-refractivity contribution is 5.84. The van der Waals surface area contributed by atoms with Crippen LogP contribution in [0.5, 0.6) is 0 Å². The van der Waals surface area contributed by atoms with Crippen molar-refractivity contribution in [3.63, 3.8) is 0 Å². The van der Waals surface area contributed by atoms with Crippen LogP contribution in [0.15, 0.2) is 12.2 Å². The lowest BCUT2D eigenvalue weighted by Gasteiger charge is -2.18. The van der Waals surface area contributed by atoms with Gasteiger partial charge in [-0.3, -0.25) is 14.5 Å². The third kappa shape index (κ3) is 2.02. The minimum Gasteiger partial charge on any atom is -0.481 e. The van der Waals surface area contributed by atoms with Gasteiger partial charge in [-0.05, 0) is 14.0 Å². The maximum absolute atomic E-state index is 11.0. The molecule has 1 saturated heterocycles. The van der Waals surface area contributed by atoms with E-state index >= 15 is 0 Å². The number of hydrogen-bond donors (Lipinski definition) is 2. The first kappa shape index (κ1) is 11.7. The molecule has 5 nitrogen and oxygen atoms in total. The molecule has 3 unspecified atom stereocenters. The van der Waals surface area contributed by atoms with Gasteiger partial charge >= 0.3 is 11.9 Å². The quantitative estimate of drug-likeness (QED) is 0.658. The Labute approximate surface area is 88.0 Å². The standard InChI is InChI=1S/C10H15NO4/c1-5(2)6-4-11(3)8(10(14)15)7(6)9(12)13/h6-8H,1,4H2,2-3H3,(H,12,13)(H,14,15). The number of carboxylic acid groups (broad SMARTS) is 2. The van der Waals surface area contributed by atoms with Crippen LogP contribution in [0.4, 0.5) is 0 Å². The van der Waals surface area contributed by atoms with E-state index in [-0.39, 0.29) is 5.92 Å².